The van der Waals surface area contributed by atoms with Crippen LogP contribution in [-0.2, 0) is 24.0 Å². The fourth-order valence-electron chi connectivity index (χ4n) is 4.00. The first-order valence-electron chi connectivity index (χ1n) is 12.6. The molecule has 11 heteroatoms. The Morgan fingerprint density at radius 2 is 1.85 bits per heavy atom. The van der Waals surface area contributed by atoms with Crippen LogP contribution in [0.25, 0.3) is 17.3 Å². The molecule has 0 amide bonds. The molecule has 0 spiro atoms. The van der Waals surface area contributed by atoms with Gasteiger partial charge in [-0.3, -0.25) is 4.31 Å². The van der Waals surface area contributed by atoms with Crippen LogP contribution in [0.15, 0.2) is 30.3 Å². The quantitative estimate of drug-likeness (QED) is 0.346. The summed E-state index contributed by atoms with van der Waals surface area (Å²) in [5.74, 6) is 1.40. The Morgan fingerprint density at radius 3 is 2.36 bits per heavy atom. The fraction of sp³-hybridized carbons (Fsp3) is 0.500. The SMILES string of the molecule is C=S(C)(=O)N(C)c1nc(-c2ccc(F)cc2)c(/C=C/C2CC(CC(=O)[O-])OC(C)(C)O2)c(C(C)C)n1.CC.[Na+]. The largest absolute Gasteiger partial charge is 1.00 e. The molecule has 1 aromatic heterocycles. The summed E-state index contributed by atoms with van der Waals surface area (Å²) in [6.07, 6.45) is 4.28. The third-order valence-electron chi connectivity index (χ3n) is 5.74. The summed E-state index contributed by atoms with van der Waals surface area (Å²) < 4.78 is 39.5. The van der Waals surface area contributed by atoms with E-state index in [9.17, 15) is 18.5 Å². The normalized spacial score (nSPS) is 19.9. The van der Waals surface area contributed by atoms with E-state index in [1.54, 1.807) is 33.0 Å². The number of ether oxygens (including phenoxy) is 2. The summed E-state index contributed by atoms with van der Waals surface area (Å²) in [5.41, 5.74) is 2.59. The van der Waals surface area contributed by atoms with E-state index in [1.807, 2.05) is 39.8 Å². The molecule has 39 heavy (non-hydrogen) atoms. The number of carbonyl (C=O) groups excluding carboxylic acids is 1. The molecule has 0 bridgehead atoms. The topological polar surface area (TPSA) is 105 Å². The molecule has 0 N–H and O–H groups in total. The van der Waals surface area contributed by atoms with Gasteiger partial charge in [0.15, 0.2) is 5.79 Å². The van der Waals surface area contributed by atoms with Crippen LogP contribution in [0.2, 0.25) is 0 Å². The van der Waals surface area contributed by atoms with E-state index in [-0.39, 0.29) is 53.7 Å². The average Bonchev–Trinajstić information content (AvgIpc) is 2.81. The monoisotopic (exact) mass is 571 g/mol. The number of aliphatic carboxylic acids is 1. The predicted octanol–water partition coefficient (Wildman–Crippen LogP) is 1.20. The Hall–Kier alpha value is -1.82. The van der Waals surface area contributed by atoms with Gasteiger partial charge in [0, 0.05) is 52.9 Å². The number of carbonyl (C=O) groups is 1. The number of aromatic nitrogens is 2. The molecule has 1 aliphatic heterocycles. The molecule has 3 unspecified atom stereocenters. The van der Waals surface area contributed by atoms with Crippen LogP contribution >= 0.6 is 0 Å². The number of carboxylic acids is 1. The number of benzene rings is 1. The number of anilines is 1. The first kappa shape index (κ1) is 35.2. The zero-order valence-electron chi connectivity index (χ0n) is 24.5. The number of rotatable bonds is 8. The minimum absolute atomic E-state index is 0. The molecule has 0 saturated carbocycles. The van der Waals surface area contributed by atoms with Crippen LogP contribution in [0.4, 0.5) is 10.3 Å². The molecule has 1 fully saturated rings. The summed E-state index contributed by atoms with van der Waals surface area (Å²) in [5, 5.41) is 11.1. The van der Waals surface area contributed by atoms with Crippen LogP contribution < -0.4 is 39.0 Å². The van der Waals surface area contributed by atoms with Gasteiger partial charge in [0.25, 0.3) is 0 Å². The van der Waals surface area contributed by atoms with Gasteiger partial charge < -0.3 is 19.4 Å². The Labute approximate surface area is 254 Å². The Bertz CT molecular complexity index is 1250. The van der Waals surface area contributed by atoms with Crippen molar-refractivity contribution >= 4 is 33.6 Å². The molecule has 0 aliphatic carbocycles. The van der Waals surface area contributed by atoms with Crippen molar-refractivity contribution in [2.45, 2.75) is 78.3 Å². The van der Waals surface area contributed by atoms with Crippen molar-refractivity contribution in [3.63, 3.8) is 0 Å². The minimum Gasteiger partial charge on any atom is -0.550 e. The molecule has 3 rings (SSSR count). The molecule has 1 saturated heterocycles. The molecule has 0 radical (unpaired) electrons. The molecular formula is C28H39FN3NaO5S. The molecule has 1 aliphatic rings. The van der Waals surface area contributed by atoms with Crippen molar-refractivity contribution in [1.82, 2.24) is 9.97 Å². The maximum atomic E-state index is 13.7. The summed E-state index contributed by atoms with van der Waals surface area (Å²) in [7, 11) is -1.01. The van der Waals surface area contributed by atoms with E-state index in [2.05, 4.69) is 5.87 Å². The second kappa shape index (κ2) is 14.7. The van der Waals surface area contributed by atoms with Crippen molar-refractivity contribution in [2.75, 3.05) is 17.6 Å². The summed E-state index contributed by atoms with van der Waals surface area (Å²) in [6, 6.07) is 5.95. The van der Waals surface area contributed by atoms with Crippen molar-refractivity contribution in [1.29, 1.82) is 0 Å². The van der Waals surface area contributed by atoms with E-state index >= 15 is 0 Å². The number of nitrogens with zero attached hydrogens (tertiary/aromatic N) is 3. The number of carboxylic acid groups (broad SMARTS) is 1. The van der Waals surface area contributed by atoms with E-state index < -0.39 is 33.7 Å². The third kappa shape index (κ3) is 9.95. The Balaban J connectivity index is 0.00000248. The second-order valence-electron chi connectivity index (χ2n) is 9.76. The van der Waals surface area contributed by atoms with Crippen LogP contribution in [0.5, 0.6) is 0 Å². The van der Waals surface area contributed by atoms with Gasteiger partial charge in [0.2, 0.25) is 5.95 Å². The molecule has 2 heterocycles. The molecule has 3 atom stereocenters. The second-order valence-corrected chi connectivity index (χ2v) is 12.2. The van der Waals surface area contributed by atoms with Gasteiger partial charge in [-0.05, 0) is 49.9 Å². The summed E-state index contributed by atoms with van der Waals surface area (Å²) >= 11 is 0. The first-order chi connectivity index (χ1) is 17.7. The van der Waals surface area contributed by atoms with Gasteiger partial charge in [-0.2, -0.15) is 0 Å². The van der Waals surface area contributed by atoms with Gasteiger partial charge in [0.05, 0.1) is 23.6 Å². The number of hydrogen-bond acceptors (Lipinski definition) is 7. The summed E-state index contributed by atoms with van der Waals surface area (Å²) in [6.45, 7) is 11.4. The van der Waals surface area contributed by atoms with E-state index in [1.165, 1.54) is 22.7 Å². The first-order valence-corrected chi connectivity index (χ1v) is 14.7. The maximum absolute atomic E-state index is 13.7. The average molecular weight is 572 g/mol. The van der Waals surface area contributed by atoms with Crippen LogP contribution in [0.3, 0.4) is 0 Å². The zero-order chi connectivity index (χ0) is 28.8. The number of halogens is 1. The Kier molecular flexibility index (Phi) is 13.3. The maximum Gasteiger partial charge on any atom is 1.00 e. The van der Waals surface area contributed by atoms with Gasteiger partial charge in [-0.1, -0.05) is 39.8 Å². The summed E-state index contributed by atoms with van der Waals surface area (Å²) in [4.78, 5) is 20.6. The fourth-order valence-corrected chi connectivity index (χ4v) is 4.43. The zero-order valence-corrected chi connectivity index (χ0v) is 27.3. The molecule has 2 aromatic rings. The predicted molar refractivity (Wildman–Crippen MR) is 150 cm³/mol. The molecular weight excluding hydrogens is 532 g/mol. The van der Waals surface area contributed by atoms with Crippen LogP contribution in [-0.4, -0.2) is 57.3 Å². The van der Waals surface area contributed by atoms with Crippen molar-refractivity contribution < 1.29 is 57.5 Å². The van der Waals surface area contributed by atoms with Gasteiger partial charge in [0.1, 0.15) is 5.82 Å². The van der Waals surface area contributed by atoms with Crippen LogP contribution in [0.1, 0.15) is 71.6 Å². The van der Waals surface area contributed by atoms with Gasteiger partial charge in [-0.25, -0.2) is 18.6 Å². The van der Waals surface area contributed by atoms with Crippen LogP contribution in [0, 0.1) is 5.82 Å². The standard InChI is InChI=1S/C26H34FN3O5S.C2H6.Na/c1-16(2)23-21(13-12-19-14-20(15-22(31)32)35-26(3,4)34-19)24(17-8-10-18(27)11-9-17)29-25(28-23)30(5)36(6,7)33;1-2;/h8-13,16,19-20H,6,14-15H2,1-5,7H3,(H,31,32);1-2H3;/q;;+1/p-1/b13-12+;;. The smallest absolute Gasteiger partial charge is 0.550 e. The molecule has 1 aromatic carbocycles. The van der Waals surface area contributed by atoms with Crippen molar-refractivity contribution in [3.8, 4) is 11.3 Å². The van der Waals surface area contributed by atoms with E-state index in [4.69, 9.17) is 19.4 Å². The van der Waals surface area contributed by atoms with E-state index in [0.717, 1.165) is 0 Å². The van der Waals surface area contributed by atoms with Gasteiger partial charge in [-0.15, -0.1) is 0 Å². The molecule has 8 nitrogen and oxygen atoms in total. The van der Waals surface area contributed by atoms with Crippen molar-refractivity contribution in [3.05, 3.63) is 47.4 Å². The van der Waals surface area contributed by atoms with E-state index in [0.29, 0.717) is 28.9 Å². The number of hydrogen-bond donors (Lipinski definition) is 0. The van der Waals surface area contributed by atoms with Gasteiger partial charge >= 0.3 is 29.6 Å². The molecule has 210 valence electrons. The van der Waals surface area contributed by atoms with Crippen molar-refractivity contribution in [2.24, 2.45) is 0 Å². The third-order valence-corrected chi connectivity index (χ3v) is 7.06. The minimum atomic E-state index is -2.63. The Morgan fingerprint density at radius 1 is 1.26 bits per heavy atom.